The Morgan fingerprint density at radius 2 is 1.62 bits per heavy atom. The number of rotatable bonds is 8. The maximum absolute atomic E-state index is 5.83. The minimum atomic E-state index is -2.43. The summed E-state index contributed by atoms with van der Waals surface area (Å²) in [5, 5.41) is 0. The molecule has 1 aliphatic carbocycles. The van der Waals surface area contributed by atoms with Gasteiger partial charge in [-0.3, -0.25) is 0 Å². The fraction of sp³-hybridized carbons (Fsp3) is 0.833. The Morgan fingerprint density at radius 1 is 1.06 bits per heavy atom. The smallest absolute Gasteiger partial charge is 0.374 e. The molecular weight excluding hydrogens is 220 g/mol. The summed E-state index contributed by atoms with van der Waals surface area (Å²) in [4.78, 5) is 0. The van der Waals surface area contributed by atoms with Crippen LogP contribution in [0.15, 0.2) is 11.6 Å². The van der Waals surface area contributed by atoms with Gasteiger partial charge >= 0.3 is 8.80 Å². The van der Waals surface area contributed by atoms with Gasteiger partial charge in [-0.1, -0.05) is 11.6 Å². The van der Waals surface area contributed by atoms with Crippen molar-refractivity contribution in [2.45, 2.75) is 46.1 Å². The molecule has 0 atom stereocenters. The van der Waals surface area contributed by atoms with E-state index in [9.17, 15) is 0 Å². The standard InChI is InChI=1S/C12H24O3Si/c1-4-13-16(14-5-2,15-6-3)11-12-9-7-8-10-12/h9H,4-8,10-11H2,1-3H3. The van der Waals surface area contributed by atoms with E-state index in [0.717, 1.165) is 6.04 Å². The van der Waals surface area contributed by atoms with E-state index in [-0.39, 0.29) is 0 Å². The molecule has 0 radical (unpaired) electrons. The predicted molar refractivity (Wildman–Crippen MR) is 67.4 cm³/mol. The molecule has 4 heteroatoms. The van der Waals surface area contributed by atoms with E-state index in [2.05, 4.69) is 6.08 Å². The van der Waals surface area contributed by atoms with Gasteiger partial charge < -0.3 is 13.3 Å². The van der Waals surface area contributed by atoms with Gasteiger partial charge in [-0.2, -0.15) is 0 Å². The lowest BCUT2D eigenvalue weighted by atomic mass is 10.3. The topological polar surface area (TPSA) is 27.7 Å². The van der Waals surface area contributed by atoms with Crippen LogP contribution < -0.4 is 0 Å². The second-order valence-corrected chi connectivity index (χ2v) is 6.50. The van der Waals surface area contributed by atoms with E-state index in [0.29, 0.717) is 19.8 Å². The largest absolute Gasteiger partial charge is 0.505 e. The van der Waals surface area contributed by atoms with Gasteiger partial charge in [0.05, 0.1) is 0 Å². The van der Waals surface area contributed by atoms with E-state index in [1.807, 2.05) is 20.8 Å². The molecule has 0 spiro atoms. The van der Waals surface area contributed by atoms with Crippen LogP contribution in [-0.4, -0.2) is 28.6 Å². The van der Waals surface area contributed by atoms with Crippen LogP contribution in [0.25, 0.3) is 0 Å². The van der Waals surface area contributed by atoms with E-state index < -0.39 is 8.80 Å². The highest BCUT2D eigenvalue weighted by atomic mass is 28.4. The first-order chi connectivity index (χ1) is 7.76. The van der Waals surface area contributed by atoms with E-state index in [4.69, 9.17) is 13.3 Å². The number of allylic oxidation sites excluding steroid dienone is 2. The van der Waals surface area contributed by atoms with Crippen LogP contribution in [0.1, 0.15) is 40.0 Å². The van der Waals surface area contributed by atoms with Crippen molar-refractivity contribution in [2.75, 3.05) is 19.8 Å². The summed E-state index contributed by atoms with van der Waals surface area (Å²) < 4.78 is 17.5. The molecule has 3 nitrogen and oxygen atoms in total. The first-order valence-electron chi connectivity index (χ1n) is 6.36. The van der Waals surface area contributed by atoms with E-state index >= 15 is 0 Å². The van der Waals surface area contributed by atoms with Gasteiger partial charge in [0.15, 0.2) is 0 Å². The van der Waals surface area contributed by atoms with Crippen LogP contribution in [0.5, 0.6) is 0 Å². The van der Waals surface area contributed by atoms with Crippen molar-refractivity contribution < 1.29 is 13.3 Å². The Balaban J connectivity index is 2.64. The van der Waals surface area contributed by atoms with Crippen molar-refractivity contribution in [2.24, 2.45) is 0 Å². The maximum atomic E-state index is 5.83. The summed E-state index contributed by atoms with van der Waals surface area (Å²) in [6.45, 7) is 8.01. The Hall–Kier alpha value is -0.163. The van der Waals surface area contributed by atoms with Gasteiger partial charge in [0.25, 0.3) is 0 Å². The first kappa shape index (κ1) is 13.9. The SMILES string of the molecule is CCO[Si](CC1=CCCC1)(OCC)OCC. The van der Waals surface area contributed by atoms with E-state index in [1.54, 1.807) is 0 Å². The van der Waals surface area contributed by atoms with Gasteiger partial charge in [0, 0.05) is 25.9 Å². The highest BCUT2D eigenvalue weighted by Gasteiger charge is 2.41. The second-order valence-electron chi connectivity index (χ2n) is 3.91. The van der Waals surface area contributed by atoms with Gasteiger partial charge in [0.1, 0.15) is 0 Å². The van der Waals surface area contributed by atoms with Gasteiger partial charge in [-0.15, -0.1) is 0 Å². The zero-order valence-corrected chi connectivity index (χ0v) is 11.8. The van der Waals surface area contributed by atoms with Crippen LogP contribution in [0.4, 0.5) is 0 Å². The zero-order valence-electron chi connectivity index (χ0n) is 10.8. The van der Waals surface area contributed by atoms with Crippen LogP contribution in [0.3, 0.4) is 0 Å². The summed E-state index contributed by atoms with van der Waals surface area (Å²) in [6.07, 6.45) is 5.97. The maximum Gasteiger partial charge on any atom is 0.505 e. The molecule has 16 heavy (non-hydrogen) atoms. The minimum absolute atomic E-state index is 0.666. The second kappa shape index (κ2) is 7.22. The Morgan fingerprint density at radius 3 is 2.00 bits per heavy atom. The molecule has 0 aromatic rings. The normalized spacial score (nSPS) is 16.6. The summed E-state index contributed by atoms with van der Waals surface area (Å²) in [5.74, 6) is 0. The van der Waals surface area contributed by atoms with Crippen molar-refractivity contribution in [1.29, 1.82) is 0 Å². The van der Waals surface area contributed by atoms with Crippen LogP contribution in [0.2, 0.25) is 6.04 Å². The fourth-order valence-electron chi connectivity index (χ4n) is 2.11. The van der Waals surface area contributed by atoms with Crippen LogP contribution in [0, 0.1) is 0 Å². The van der Waals surface area contributed by atoms with Crippen molar-refractivity contribution in [3.8, 4) is 0 Å². The third-order valence-corrected chi connectivity index (χ3v) is 5.74. The fourth-order valence-corrected chi connectivity index (χ4v) is 4.87. The molecule has 0 amide bonds. The lowest BCUT2D eigenvalue weighted by Gasteiger charge is -2.28. The Bertz CT molecular complexity index is 211. The first-order valence-corrected chi connectivity index (χ1v) is 8.29. The average Bonchev–Trinajstić information content (AvgIpc) is 2.71. The van der Waals surface area contributed by atoms with E-state index in [1.165, 1.54) is 24.8 Å². The molecule has 94 valence electrons. The summed E-state index contributed by atoms with van der Waals surface area (Å²) in [6, 6.07) is 0.878. The molecule has 0 saturated heterocycles. The molecule has 1 aliphatic rings. The van der Waals surface area contributed by atoms with Gasteiger partial charge in [0.2, 0.25) is 0 Å². The number of hydrogen-bond acceptors (Lipinski definition) is 3. The molecule has 0 aliphatic heterocycles. The molecule has 0 aromatic carbocycles. The van der Waals surface area contributed by atoms with Crippen molar-refractivity contribution in [3.05, 3.63) is 11.6 Å². The number of hydrogen-bond donors (Lipinski definition) is 0. The highest BCUT2D eigenvalue weighted by Crippen LogP contribution is 2.28. The van der Waals surface area contributed by atoms with Gasteiger partial charge in [-0.25, -0.2) is 0 Å². The summed E-state index contributed by atoms with van der Waals surface area (Å²) in [7, 11) is -2.43. The highest BCUT2D eigenvalue weighted by molar-refractivity contribution is 6.61. The molecule has 0 N–H and O–H groups in total. The molecule has 0 unspecified atom stereocenters. The Labute approximate surface area is 100 Å². The molecule has 0 fully saturated rings. The molecule has 0 bridgehead atoms. The minimum Gasteiger partial charge on any atom is -0.374 e. The third kappa shape index (κ3) is 4.01. The molecule has 0 heterocycles. The lowest BCUT2D eigenvalue weighted by Crippen LogP contribution is -2.46. The van der Waals surface area contributed by atoms with Crippen molar-refractivity contribution >= 4 is 8.80 Å². The van der Waals surface area contributed by atoms with Crippen molar-refractivity contribution in [3.63, 3.8) is 0 Å². The van der Waals surface area contributed by atoms with Crippen molar-refractivity contribution in [1.82, 2.24) is 0 Å². The zero-order chi connectivity index (χ0) is 11.9. The van der Waals surface area contributed by atoms with Gasteiger partial charge in [-0.05, 0) is 40.0 Å². The molecule has 1 rings (SSSR count). The molecule has 0 saturated carbocycles. The van der Waals surface area contributed by atoms with Crippen LogP contribution >= 0.6 is 0 Å². The quantitative estimate of drug-likeness (QED) is 0.485. The Kier molecular flexibility index (Phi) is 6.27. The monoisotopic (exact) mass is 244 g/mol. The summed E-state index contributed by atoms with van der Waals surface area (Å²) in [5.41, 5.74) is 1.46. The lowest BCUT2D eigenvalue weighted by molar-refractivity contribution is 0.0735. The third-order valence-electron chi connectivity index (χ3n) is 2.67. The molecule has 0 aromatic heterocycles. The predicted octanol–water partition coefficient (Wildman–Crippen LogP) is 3.15. The molecular formula is C12H24O3Si. The van der Waals surface area contributed by atoms with Crippen LogP contribution in [-0.2, 0) is 13.3 Å². The summed E-state index contributed by atoms with van der Waals surface area (Å²) >= 11 is 0. The average molecular weight is 244 g/mol.